The first-order valence-corrected chi connectivity index (χ1v) is 4.94. The molecule has 80 valence electrons. The van der Waals surface area contributed by atoms with Crippen LogP contribution in [0, 0.1) is 0 Å². The van der Waals surface area contributed by atoms with E-state index in [0.717, 1.165) is 16.7 Å². The first-order valence-electron chi connectivity index (χ1n) is 4.94. The largest absolute Gasteiger partial charge is 0.331 e. The molecule has 0 atom stereocenters. The average Bonchev–Trinajstić information content (AvgIpc) is 2.80. The summed E-state index contributed by atoms with van der Waals surface area (Å²) in [7, 11) is 1.82. The van der Waals surface area contributed by atoms with E-state index in [1.54, 1.807) is 15.4 Å². The highest BCUT2D eigenvalue weighted by Gasteiger charge is 2.08. The summed E-state index contributed by atoms with van der Waals surface area (Å²) >= 11 is 0. The molecule has 16 heavy (non-hydrogen) atoms. The van der Waals surface area contributed by atoms with Crippen molar-refractivity contribution in [3.63, 3.8) is 0 Å². The molecule has 0 saturated carbocycles. The average molecular weight is 214 g/mol. The van der Waals surface area contributed by atoms with E-state index < -0.39 is 0 Å². The molecule has 0 aliphatic carbocycles. The molecular formula is C11H10N4O. The van der Waals surface area contributed by atoms with Gasteiger partial charge in [0.15, 0.2) is 0 Å². The summed E-state index contributed by atoms with van der Waals surface area (Å²) in [5.74, 6) is 0. The Morgan fingerprint density at radius 3 is 2.88 bits per heavy atom. The number of aromatic amines is 1. The standard InChI is InChI=1S/C11H10N4O/c1-14-7-8(6-12-14)15-10-5-3-2-4-9(10)13-11(15)16/h2-7H,1H3,(H,13,16). The lowest BCUT2D eigenvalue weighted by Gasteiger charge is -1.97. The number of nitrogens with zero attached hydrogens (tertiary/aromatic N) is 3. The normalized spacial score (nSPS) is 11.1. The molecule has 0 amide bonds. The van der Waals surface area contributed by atoms with Gasteiger partial charge in [0.1, 0.15) is 0 Å². The number of rotatable bonds is 1. The van der Waals surface area contributed by atoms with Crippen LogP contribution in [0.15, 0.2) is 41.5 Å². The van der Waals surface area contributed by atoms with Gasteiger partial charge in [0.25, 0.3) is 0 Å². The molecule has 3 aromatic rings. The summed E-state index contributed by atoms with van der Waals surface area (Å²) in [6, 6.07) is 7.58. The summed E-state index contributed by atoms with van der Waals surface area (Å²) in [4.78, 5) is 14.6. The Balaban J connectivity index is 2.39. The van der Waals surface area contributed by atoms with Crippen molar-refractivity contribution in [2.24, 2.45) is 7.05 Å². The first-order chi connectivity index (χ1) is 7.75. The van der Waals surface area contributed by atoms with Gasteiger partial charge in [0, 0.05) is 13.2 Å². The molecule has 1 N–H and O–H groups in total. The Kier molecular flexibility index (Phi) is 1.73. The number of aromatic nitrogens is 4. The van der Waals surface area contributed by atoms with Gasteiger partial charge < -0.3 is 4.98 Å². The smallest absolute Gasteiger partial charge is 0.305 e. The van der Waals surface area contributed by atoms with Gasteiger partial charge in [-0.15, -0.1) is 0 Å². The minimum Gasteiger partial charge on any atom is -0.305 e. The van der Waals surface area contributed by atoms with Crippen LogP contribution in [-0.2, 0) is 7.05 Å². The Labute approximate surface area is 90.9 Å². The van der Waals surface area contributed by atoms with E-state index in [2.05, 4.69) is 10.1 Å². The lowest BCUT2D eigenvalue weighted by molar-refractivity contribution is 0.767. The van der Waals surface area contributed by atoms with E-state index in [1.165, 1.54) is 0 Å². The van der Waals surface area contributed by atoms with Crippen LogP contribution in [-0.4, -0.2) is 19.3 Å². The molecule has 1 aromatic carbocycles. The molecule has 0 spiro atoms. The third kappa shape index (κ3) is 1.18. The molecule has 0 saturated heterocycles. The third-order valence-electron chi connectivity index (χ3n) is 2.54. The van der Waals surface area contributed by atoms with Crippen molar-refractivity contribution in [2.75, 3.05) is 0 Å². The van der Waals surface area contributed by atoms with E-state index in [0.29, 0.717) is 0 Å². The highest BCUT2D eigenvalue weighted by atomic mass is 16.1. The molecule has 0 aliphatic heterocycles. The van der Waals surface area contributed by atoms with E-state index >= 15 is 0 Å². The van der Waals surface area contributed by atoms with Crippen LogP contribution in [0.25, 0.3) is 16.7 Å². The van der Waals surface area contributed by atoms with Gasteiger partial charge in [0.2, 0.25) is 0 Å². The van der Waals surface area contributed by atoms with Crippen LogP contribution in [0.3, 0.4) is 0 Å². The number of H-pyrrole nitrogens is 1. The highest BCUT2D eigenvalue weighted by Crippen LogP contribution is 2.13. The van der Waals surface area contributed by atoms with Crippen LogP contribution >= 0.6 is 0 Å². The monoisotopic (exact) mass is 214 g/mol. The molecule has 5 heteroatoms. The van der Waals surface area contributed by atoms with Crippen LogP contribution < -0.4 is 5.69 Å². The Morgan fingerprint density at radius 2 is 2.12 bits per heavy atom. The van der Waals surface area contributed by atoms with Crippen molar-refractivity contribution < 1.29 is 0 Å². The van der Waals surface area contributed by atoms with Gasteiger partial charge in [-0.2, -0.15) is 5.10 Å². The van der Waals surface area contributed by atoms with Crippen molar-refractivity contribution >= 4 is 11.0 Å². The Bertz CT molecular complexity index is 704. The molecule has 2 heterocycles. The zero-order chi connectivity index (χ0) is 11.1. The van der Waals surface area contributed by atoms with Crippen molar-refractivity contribution in [3.8, 4) is 5.69 Å². The molecule has 0 unspecified atom stereocenters. The number of imidazole rings is 1. The number of aryl methyl sites for hydroxylation is 1. The first kappa shape index (κ1) is 8.96. The summed E-state index contributed by atoms with van der Waals surface area (Å²) in [5.41, 5.74) is 2.32. The third-order valence-corrected chi connectivity index (χ3v) is 2.54. The van der Waals surface area contributed by atoms with Crippen molar-refractivity contribution in [2.45, 2.75) is 0 Å². The van der Waals surface area contributed by atoms with Gasteiger partial charge in [-0.3, -0.25) is 9.25 Å². The molecule has 0 fully saturated rings. The predicted molar refractivity (Wildman–Crippen MR) is 60.7 cm³/mol. The second kappa shape index (κ2) is 3.10. The molecule has 0 bridgehead atoms. The van der Waals surface area contributed by atoms with Gasteiger partial charge in [-0.1, -0.05) is 12.1 Å². The number of hydrogen-bond donors (Lipinski definition) is 1. The number of fused-ring (bicyclic) bond motifs is 1. The molecule has 0 aliphatic rings. The lowest BCUT2D eigenvalue weighted by Crippen LogP contribution is -2.13. The molecule has 0 radical (unpaired) electrons. The fourth-order valence-electron chi connectivity index (χ4n) is 1.83. The molecule has 3 rings (SSSR count). The van der Waals surface area contributed by atoms with Gasteiger partial charge in [-0.25, -0.2) is 4.79 Å². The number of nitrogens with one attached hydrogen (secondary N) is 1. The van der Waals surface area contributed by atoms with Crippen LogP contribution in [0.2, 0.25) is 0 Å². The highest BCUT2D eigenvalue weighted by molar-refractivity contribution is 5.76. The van der Waals surface area contributed by atoms with Gasteiger partial charge in [0.05, 0.1) is 22.9 Å². The Morgan fingerprint density at radius 1 is 1.31 bits per heavy atom. The number of para-hydroxylation sites is 2. The second-order valence-corrected chi connectivity index (χ2v) is 3.65. The van der Waals surface area contributed by atoms with E-state index in [9.17, 15) is 4.79 Å². The SMILES string of the molecule is Cn1cc(-n2c(=O)[nH]c3ccccc32)cn1. The quantitative estimate of drug-likeness (QED) is 0.658. The van der Waals surface area contributed by atoms with Crippen molar-refractivity contribution in [1.82, 2.24) is 19.3 Å². The fourth-order valence-corrected chi connectivity index (χ4v) is 1.83. The summed E-state index contributed by atoms with van der Waals surface area (Å²) in [5, 5.41) is 4.06. The number of benzene rings is 1. The van der Waals surface area contributed by atoms with Gasteiger partial charge >= 0.3 is 5.69 Å². The van der Waals surface area contributed by atoms with Crippen molar-refractivity contribution in [3.05, 3.63) is 47.1 Å². The van der Waals surface area contributed by atoms with Crippen LogP contribution in [0.4, 0.5) is 0 Å². The minimum absolute atomic E-state index is 0.144. The zero-order valence-corrected chi connectivity index (χ0v) is 8.71. The zero-order valence-electron chi connectivity index (χ0n) is 8.71. The molecular weight excluding hydrogens is 204 g/mol. The van der Waals surface area contributed by atoms with Crippen LogP contribution in [0.1, 0.15) is 0 Å². The van der Waals surface area contributed by atoms with Crippen LogP contribution in [0.5, 0.6) is 0 Å². The molecule has 2 aromatic heterocycles. The Hall–Kier alpha value is -2.30. The van der Waals surface area contributed by atoms with E-state index in [4.69, 9.17) is 0 Å². The minimum atomic E-state index is -0.144. The maximum absolute atomic E-state index is 11.8. The number of hydrogen-bond acceptors (Lipinski definition) is 2. The maximum atomic E-state index is 11.8. The summed E-state index contributed by atoms with van der Waals surface area (Å²) < 4.78 is 3.28. The van der Waals surface area contributed by atoms with Gasteiger partial charge in [-0.05, 0) is 12.1 Å². The maximum Gasteiger partial charge on any atom is 0.331 e. The second-order valence-electron chi connectivity index (χ2n) is 3.65. The predicted octanol–water partition coefficient (Wildman–Crippen LogP) is 1.05. The summed E-state index contributed by atoms with van der Waals surface area (Å²) in [6.07, 6.45) is 3.48. The van der Waals surface area contributed by atoms with E-state index in [-0.39, 0.29) is 5.69 Å². The van der Waals surface area contributed by atoms with E-state index in [1.807, 2.05) is 37.5 Å². The fraction of sp³-hybridized carbons (Fsp3) is 0.0909. The topological polar surface area (TPSA) is 55.6 Å². The van der Waals surface area contributed by atoms with Crippen molar-refractivity contribution in [1.29, 1.82) is 0 Å². The molecule has 5 nitrogen and oxygen atoms in total. The lowest BCUT2D eigenvalue weighted by atomic mass is 10.3. The summed E-state index contributed by atoms with van der Waals surface area (Å²) in [6.45, 7) is 0.